The zero-order valence-electron chi connectivity index (χ0n) is 16.3. The van der Waals surface area contributed by atoms with Crippen molar-refractivity contribution in [2.75, 3.05) is 32.7 Å². The summed E-state index contributed by atoms with van der Waals surface area (Å²) in [6.07, 6.45) is 4.30. The molecule has 1 aliphatic heterocycles. The van der Waals surface area contributed by atoms with E-state index in [2.05, 4.69) is 19.2 Å². The fourth-order valence-electron chi connectivity index (χ4n) is 3.80. The molecule has 2 amide bonds. The van der Waals surface area contributed by atoms with Crippen LogP contribution in [0.15, 0.2) is 0 Å². The lowest BCUT2D eigenvalue weighted by atomic mass is 9.80. The van der Waals surface area contributed by atoms with Gasteiger partial charge in [-0.05, 0) is 44.1 Å². The fourth-order valence-corrected chi connectivity index (χ4v) is 3.80. The van der Waals surface area contributed by atoms with Crippen LogP contribution in [-0.4, -0.2) is 49.4 Å². The molecule has 1 aliphatic rings. The summed E-state index contributed by atoms with van der Waals surface area (Å²) in [5, 5.41) is 3.36. The Morgan fingerprint density at radius 3 is 2.32 bits per heavy atom. The van der Waals surface area contributed by atoms with Crippen molar-refractivity contribution >= 4 is 11.8 Å². The van der Waals surface area contributed by atoms with Gasteiger partial charge in [0, 0.05) is 38.0 Å². The van der Waals surface area contributed by atoms with Crippen LogP contribution in [0.4, 0.5) is 0 Å². The van der Waals surface area contributed by atoms with E-state index < -0.39 is 0 Å². The lowest BCUT2D eigenvalue weighted by Crippen LogP contribution is -2.47. The van der Waals surface area contributed by atoms with Gasteiger partial charge >= 0.3 is 0 Å². The third kappa shape index (κ3) is 7.32. The third-order valence-electron chi connectivity index (χ3n) is 5.17. The van der Waals surface area contributed by atoms with E-state index in [0.717, 1.165) is 51.9 Å². The number of nitrogens with zero attached hydrogens (tertiary/aromatic N) is 1. The molecule has 1 fully saturated rings. The van der Waals surface area contributed by atoms with E-state index >= 15 is 0 Å². The van der Waals surface area contributed by atoms with Gasteiger partial charge in [-0.2, -0.15) is 0 Å². The molecule has 0 aromatic heterocycles. The minimum atomic E-state index is -0.344. The van der Waals surface area contributed by atoms with Crippen LogP contribution in [0, 0.1) is 23.7 Å². The monoisotopic (exact) mass is 354 g/mol. The highest BCUT2D eigenvalue weighted by Crippen LogP contribution is 2.28. The molecule has 5 N–H and O–H groups in total. The van der Waals surface area contributed by atoms with Crippen molar-refractivity contribution in [1.82, 2.24) is 10.2 Å². The van der Waals surface area contributed by atoms with Crippen molar-refractivity contribution in [3.8, 4) is 0 Å². The van der Waals surface area contributed by atoms with Gasteiger partial charge in [0.25, 0.3) is 0 Å². The van der Waals surface area contributed by atoms with Gasteiger partial charge in [-0.1, -0.05) is 27.2 Å². The van der Waals surface area contributed by atoms with E-state index in [0.29, 0.717) is 24.8 Å². The molecule has 0 bridgehead atoms. The molecule has 6 nitrogen and oxygen atoms in total. The molecular weight excluding hydrogens is 316 g/mol. The van der Waals surface area contributed by atoms with Crippen LogP contribution in [0.25, 0.3) is 0 Å². The summed E-state index contributed by atoms with van der Waals surface area (Å²) >= 11 is 0. The lowest BCUT2D eigenvalue weighted by molar-refractivity contribution is -0.143. The number of piperidine rings is 1. The van der Waals surface area contributed by atoms with Gasteiger partial charge in [-0.3, -0.25) is 9.59 Å². The molecule has 146 valence electrons. The van der Waals surface area contributed by atoms with Crippen LogP contribution in [0.2, 0.25) is 0 Å². The fraction of sp³-hybridized carbons (Fsp3) is 0.895. The lowest BCUT2D eigenvalue weighted by Gasteiger charge is -2.36. The first kappa shape index (κ1) is 21.9. The molecule has 1 rings (SSSR count). The number of nitrogens with one attached hydrogen (secondary N) is 1. The second-order valence-corrected chi connectivity index (χ2v) is 7.80. The number of rotatable bonds is 11. The average molecular weight is 355 g/mol. The van der Waals surface area contributed by atoms with Crippen LogP contribution < -0.4 is 16.8 Å². The van der Waals surface area contributed by atoms with Crippen molar-refractivity contribution in [3.63, 3.8) is 0 Å². The van der Waals surface area contributed by atoms with E-state index in [4.69, 9.17) is 11.5 Å². The van der Waals surface area contributed by atoms with Crippen molar-refractivity contribution in [2.24, 2.45) is 35.1 Å². The van der Waals surface area contributed by atoms with E-state index in [1.807, 2.05) is 11.8 Å². The van der Waals surface area contributed by atoms with Crippen molar-refractivity contribution in [2.45, 2.75) is 52.9 Å². The number of amides is 2. The van der Waals surface area contributed by atoms with Crippen LogP contribution in [0.1, 0.15) is 52.9 Å². The number of primary amides is 1. The van der Waals surface area contributed by atoms with E-state index in [1.54, 1.807) is 0 Å². The van der Waals surface area contributed by atoms with Gasteiger partial charge in [-0.25, -0.2) is 0 Å². The zero-order chi connectivity index (χ0) is 18.8. The number of carbonyl (C=O) groups is 2. The SMILES string of the molecule is CCC[C@H](C(N)=O)[C@@H](CC(C)C)C(=O)N1CCC(CNCCN)CC1. The number of hydrogen-bond acceptors (Lipinski definition) is 4. The van der Waals surface area contributed by atoms with Gasteiger partial charge in [0.1, 0.15) is 0 Å². The highest BCUT2D eigenvalue weighted by Gasteiger charge is 2.36. The topological polar surface area (TPSA) is 101 Å². The van der Waals surface area contributed by atoms with E-state index in [9.17, 15) is 9.59 Å². The third-order valence-corrected chi connectivity index (χ3v) is 5.17. The second kappa shape index (κ2) is 11.5. The minimum absolute atomic E-state index is 0.124. The molecule has 25 heavy (non-hydrogen) atoms. The Morgan fingerprint density at radius 2 is 1.84 bits per heavy atom. The Hall–Kier alpha value is -1.14. The summed E-state index contributed by atoms with van der Waals surface area (Å²) in [5.41, 5.74) is 11.1. The van der Waals surface area contributed by atoms with Crippen LogP contribution in [-0.2, 0) is 9.59 Å². The maximum Gasteiger partial charge on any atom is 0.226 e. The maximum atomic E-state index is 13.1. The number of hydrogen-bond donors (Lipinski definition) is 3. The van der Waals surface area contributed by atoms with Gasteiger partial charge in [0.15, 0.2) is 0 Å². The number of likely N-dealkylation sites (tertiary alicyclic amines) is 1. The van der Waals surface area contributed by atoms with E-state index in [-0.39, 0.29) is 23.7 Å². The molecule has 1 heterocycles. The largest absolute Gasteiger partial charge is 0.369 e. The molecule has 0 saturated carbocycles. The highest BCUT2D eigenvalue weighted by molar-refractivity contribution is 5.87. The molecule has 1 saturated heterocycles. The quantitative estimate of drug-likeness (QED) is 0.487. The zero-order valence-corrected chi connectivity index (χ0v) is 16.3. The maximum absolute atomic E-state index is 13.1. The summed E-state index contributed by atoms with van der Waals surface area (Å²) in [7, 11) is 0. The first-order valence-corrected chi connectivity index (χ1v) is 9.89. The molecule has 0 spiro atoms. The molecule has 0 aromatic carbocycles. The summed E-state index contributed by atoms with van der Waals surface area (Å²) in [6.45, 7) is 10.2. The molecule has 6 heteroatoms. The molecule has 0 aromatic rings. The smallest absolute Gasteiger partial charge is 0.226 e. The molecule has 0 radical (unpaired) electrons. The summed E-state index contributed by atoms with van der Waals surface area (Å²) in [6, 6.07) is 0. The van der Waals surface area contributed by atoms with Crippen LogP contribution in [0.3, 0.4) is 0 Å². The van der Waals surface area contributed by atoms with Crippen molar-refractivity contribution < 1.29 is 9.59 Å². The van der Waals surface area contributed by atoms with Gasteiger partial charge in [0.05, 0.1) is 0 Å². The predicted octanol–water partition coefficient (Wildman–Crippen LogP) is 1.34. The van der Waals surface area contributed by atoms with E-state index in [1.165, 1.54) is 0 Å². The van der Waals surface area contributed by atoms with Crippen LogP contribution in [0.5, 0.6) is 0 Å². The average Bonchev–Trinajstić information content (AvgIpc) is 2.58. The van der Waals surface area contributed by atoms with Gasteiger partial charge in [-0.15, -0.1) is 0 Å². The molecule has 0 aliphatic carbocycles. The minimum Gasteiger partial charge on any atom is -0.369 e. The Balaban J connectivity index is 2.67. The Labute approximate surface area is 153 Å². The molecule has 2 atom stereocenters. The highest BCUT2D eigenvalue weighted by atomic mass is 16.2. The molecular formula is C19H38N4O2. The molecule has 0 unspecified atom stereocenters. The Kier molecular flexibility index (Phi) is 10.0. The second-order valence-electron chi connectivity index (χ2n) is 7.80. The summed E-state index contributed by atoms with van der Waals surface area (Å²) < 4.78 is 0. The van der Waals surface area contributed by atoms with Crippen molar-refractivity contribution in [1.29, 1.82) is 0 Å². The Morgan fingerprint density at radius 1 is 1.20 bits per heavy atom. The normalized spacial score (nSPS) is 18.4. The van der Waals surface area contributed by atoms with Gasteiger partial charge in [0.2, 0.25) is 11.8 Å². The predicted molar refractivity (Wildman–Crippen MR) is 102 cm³/mol. The first-order valence-electron chi connectivity index (χ1n) is 9.89. The summed E-state index contributed by atoms with van der Waals surface area (Å²) in [4.78, 5) is 27.0. The number of carbonyl (C=O) groups excluding carboxylic acids is 2. The Bertz CT molecular complexity index is 406. The number of nitrogens with two attached hydrogens (primary N) is 2. The standard InChI is InChI=1S/C19H38N4O2/c1-4-5-16(18(21)24)17(12-14(2)3)19(25)23-10-6-15(7-11-23)13-22-9-8-20/h14-17,22H,4-13,20H2,1-3H3,(H2,21,24)/t16-,17+/m0/s1. The van der Waals surface area contributed by atoms with Gasteiger partial charge < -0.3 is 21.7 Å². The van der Waals surface area contributed by atoms with Crippen molar-refractivity contribution in [3.05, 3.63) is 0 Å². The summed E-state index contributed by atoms with van der Waals surface area (Å²) in [5.74, 6) is 0.140. The first-order chi connectivity index (χ1) is 11.9. The van der Waals surface area contributed by atoms with Crippen LogP contribution >= 0.6 is 0 Å².